The van der Waals surface area contributed by atoms with E-state index in [9.17, 15) is 26.3 Å². The number of para-hydroxylation sites is 1. The lowest BCUT2D eigenvalue weighted by molar-refractivity contribution is -0.138. The van der Waals surface area contributed by atoms with E-state index in [1.54, 1.807) is 36.4 Å². The average Bonchev–Trinajstić information content (AvgIpc) is 3.12. The second-order valence-electron chi connectivity index (χ2n) is 7.70. The van der Waals surface area contributed by atoms with Crippen LogP contribution >= 0.6 is 10.9 Å². The first kappa shape index (κ1) is 22.4. The van der Waals surface area contributed by atoms with Crippen molar-refractivity contribution in [1.82, 2.24) is 0 Å². The number of hydrogen-bond acceptors (Lipinski definition) is 1. The standard InChI is InChI=1S/C26H16F6OS/c27-25(28,29)16-6-12-23-21(14-16)22-15-17(26(30,31)32)7-13-24(22)34(23)20-10-8-19(9-11-20)33-18-4-2-1-3-5-18/h1-15,34H. The van der Waals surface area contributed by atoms with Crippen LogP contribution in [0.3, 0.4) is 0 Å². The highest BCUT2D eigenvalue weighted by Gasteiger charge is 2.37. The van der Waals surface area contributed by atoms with Crippen LogP contribution in [0.4, 0.5) is 26.3 Å². The molecule has 0 N–H and O–H groups in total. The molecule has 1 heterocycles. The predicted molar refractivity (Wildman–Crippen MR) is 119 cm³/mol. The van der Waals surface area contributed by atoms with Gasteiger partial charge in [-0.3, -0.25) is 0 Å². The second-order valence-corrected chi connectivity index (χ2v) is 9.85. The molecule has 0 aliphatic carbocycles. The molecule has 0 bridgehead atoms. The normalized spacial score (nSPS) is 14.0. The number of alkyl halides is 6. The fraction of sp³-hybridized carbons (Fsp3) is 0.0769. The van der Waals surface area contributed by atoms with Gasteiger partial charge < -0.3 is 4.74 Å². The van der Waals surface area contributed by atoms with Crippen molar-refractivity contribution >= 4 is 10.9 Å². The molecule has 1 nitrogen and oxygen atoms in total. The fourth-order valence-electron chi connectivity index (χ4n) is 3.94. The summed E-state index contributed by atoms with van der Waals surface area (Å²) in [5.74, 6) is 1.22. The van der Waals surface area contributed by atoms with Crippen molar-refractivity contribution in [2.75, 3.05) is 0 Å². The van der Waals surface area contributed by atoms with E-state index in [2.05, 4.69) is 0 Å². The highest BCUT2D eigenvalue weighted by Crippen LogP contribution is 2.63. The van der Waals surface area contributed by atoms with Crippen LogP contribution in [-0.4, -0.2) is 0 Å². The van der Waals surface area contributed by atoms with Gasteiger partial charge in [0.2, 0.25) is 0 Å². The van der Waals surface area contributed by atoms with Crippen molar-refractivity contribution in [3.05, 3.63) is 102 Å². The maximum Gasteiger partial charge on any atom is 0.416 e. The van der Waals surface area contributed by atoms with Gasteiger partial charge in [-0.05, 0) is 88.8 Å². The summed E-state index contributed by atoms with van der Waals surface area (Å²) in [6.45, 7) is 0. The Balaban J connectivity index is 1.59. The molecule has 0 saturated heterocycles. The molecule has 0 amide bonds. The Hall–Kier alpha value is -3.39. The molecule has 0 unspecified atom stereocenters. The zero-order valence-corrected chi connectivity index (χ0v) is 18.2. The molecule has 4 aromatic carbocycles. The Kier molecular flexibility index (Phi) is 5.36. The molecule has 0 spiro atoms. The number of ether oxygens (including phenoxy) is 1. The van der Waals surface area contributed by atoms with E-state index in [-0.39, 0.29) is 11.1 Å². The lowest BCUT2D eigenvalue weighted by Crippen LogP contribution is -2.05. The van der Waals surface area contributed by atoms with E-state index in [1.165, 1.54) is 12.1 Å². The van der Waals surface area contributed by atoms with Gasteiger partial charge in [0, 0.05) is 9.79 Å². The van der Waals surface area contributed by atoms with E-state index in [0.29, 0.717) is 21.3 Å². The summed E-state index contributed by atoms with van der Waals surface area (Å²) >= 11 is 0. The van der Waals surface area contributed by atoms with Gasteiger partial charge in [0.25, 0.3) is 0 Å². The van der Waals surface area contributed by atoms with Crippen molar-refractivity contribution in [2.45, 2.75) is 27.0 Å². The molecule has 4 aromatic rings. The topological polar surface area (TPSA) is 9.23 Å². The van der Waals surface area contributed by atoms with Crippen molar-refractivity contribution < 1.29 is 31.1 Å². The molecule has 1 aliphatic heterocycles. The summed E-state index contributed by atoms with van der Waals surface area (Å²) in [4.78, 5) is 1.98. The third-order valence-electron chi connectivity index (χ3n) is 5.49. The molecule has 0 atom stereocenters. The minimum Gasteiger partial charge on any atom is -0.457 e. The smallest absolute Gasteiger partial charge is 0.416 e. The van der Waals surface area contributed by atoms with E-state index in [4.69, 9.17) is 4.74 Å². The first-order valence-corrected chi connectivity index (χ1v) is 11.5. The lowest BCUT2D eigenvalue weighted by Gasteiger charge is -2.20. The lowest BCUT2D eigenvalue weighted by atomic mass is 10.0. The Morgan fingerprint density at radius 2 is 1.00 bits per heavy atom. The summed E-state index contributed by atoms with van der Waals surface area (Å²) < 4.78 is 85.9. The van der Waals surface area contributed by atoms with Gasteiger partial charge in [0.05, 0.1) is 11.1 Å². The van der Waals surface area contributed by atoms with Crippen molar-refractivity contribution in [3.63, 3.8) is 0 Å². The number of thiol groups is 1. The van der Waals surface area contributed by atoms with Gasteiger partial charge in [-0.2, -0.15) is 37.2 Å². The molecule has 0 saturated carbocycles. The SMILES string of the molecule is FC(F)(F)c1ccc2c(c1)-c1cc(C(F)(F)F)ccc1[SH]2c1ccc(Oc2ccccc2)cc1. The van der Waals surface area contributed by atoms with E-state index in [1.807, 2.05) is 18.2 Å². The number of halogens is 6. The van der Waals surface area contributed by atoms with Crippen LogP contribution in [0.15, 0.2) is 106 Å². The van der Waals surface area contributed by atoms with Crippen LogP contribution in [0.25, 0.3) is 11.1 Å². The molecule has 5 rings (SSSR count). The number of benzene rings is 4. The van der Waals surface area contributed by atoms with Gasteiger partial charge >= 0.3 is 12.4 Å². The van der Waals surface area contributed by atoms with Crippen molar-refractivity contribution in [3.8, 4) is 22.6 Å². The Labute approximate surface area is 194 Å². The van der Waals surface area contributed by atoms with Gasteiger partial charge in [-0.1, -0.05) is 18.2 Å². The van der Waals surface area contributed by atoms with Crippen LogP contribution in [-0.2, 0) is 12.4 Å². The summed E-state index contributed by atoms with van der Waals surface area (Å²) in [6.07, 6.45) is -9.20. The summed E-state index contributed by atoms with van der Waals surface area (Å²) in [5, 5.41) is 0. The monoisotopic (exact) mass is 490 g/mol. The van der Waals surface area contributed by atoms with Crippen LogP contribution in [0.1, 0.15) is 11.1 Å². The second kappa shape index (κ2) is 8.13. The quantitative estimate of drug-likeness (QED) is 0.196. The van der Waals surface area contributed by atoms with Crippen LogP contribution in [0, 0.1) is 0 Å². The molecule has 0 aromatic heterocycles. The number of fused-ring (bicyclic) bond motifs is 3. The van der Waals surface area contributed by atoms with Crippen molar-refractivity contribution in [1.29, 1.82) is 0 Å². The largest absolute Gasteiger partial charge is 0.457 e. The average molecular weight is 490 g/mol. The fourth-order valence-corrected chi connectivity index (χ4v) is 6.50. The predicted octanol–water partition coefficient (Wildman–Crippen LogP) is 8.98. The number of rotatable bonds is 3. The van der Waals surface area contributed by atoms with Crippen molar-refractivity contribution in [2.24, 2.45) is 0 Å². The highest BCUT2D eigenvalue weighted by atomic mass is 32.2. The zero-order chi connectivity index (χ0) is 24.1. The van der Waals surface area contributed by atoms with Gasteiger partial charge in [0.1, 0.15) is 11.5 Å². The minimum atomic E-state index is -4.60. The Bertz CT molecular complexity index is 1280. The third kappa shape index (κ3) is 4.14. The molecule has 1 aliphatic rings. The van der Waals surface area contributed by atoms with Crippen LogP contribution < -0.4 is 4.74 Å². The molecular weight excluding hydrogens is 474 g/mol. The maximum absolute atomic E-state index is 13.4. The first-order valence-electron chi connectivity index (χ1n) is 10.2. The molecule has 8 heteroatoms. The molecule has 0 fully saturated rings. The Morgan fingerprint density at radius 1 is 0.529 bits per heavy atom. The highest BCUT2D eigenvalue weighted by molar-refractivity contribution is 8.17. The minimum absolute atomic E-state index is 0.187. The molecule has 0 radical (unpaired) electrons. The molecule has 34 heavy (non-hydrogen) atoms. The van der Waals surface area contributed by atoms with Gasteiger partial charge in [-0.25, -0.2) is 0 Å². The number of hydrogen-bond donors (Lipinski definition) is 1. The molecule has 174 valence electrons. The summed E-state index contributed by atoms with van der Waals surface area (Å²) in [5.41, 5.74) is -1.41. The van der Waals surface area contributed by atoms with E-state index in [0.717, 1.165) is 29.2 Å². The van der Waals surface area contributed by atoms with Gasteiger partial charge in [0.15, 0.2) is 0 Å². The third-order valence-corrected chi connectivity index (χ3v) is 8.05. The van der Waals surface area contributed by atoms with Crippen LogP contribution in [0.5, 0.6) is 11.5 Å². The first-order chi connectivity index (χ1) is 16.1. The van der Waals surface area contributed by atoms with E-state index < -0.39 is 34.4 Å². The maximum atomic E-state index is 13.4. The van der Waals surface area contributed by atoms with E-state index >= 15 is 0 Å². The summed E-state index contributed by atoms with van der Waals surface area (Å²) in [7, 11) is -1.33. The Morgan fingerprint density at radius 3 is 1.47 bits per heavy atom. The summed E-state index contributed by atoms with van der Waals surface area (Å²) in [6, 6.07) is 22.9. The van der Waals surface area contributed by atoms with Gasteiger partial charge in [-0.15, -0.1) is 0 Å². The van der Waals surface area contributed by atoms with Crippen LogP contribution in [0.2, 0.25) is 0 Å². The molecular formula is C26H16F6OS. The zero-order valence-electron chi connectivity index (χ0n) is 17.3.